The van der Waals surface area contributed by atoms with Gasteiger partial charge in [0.15, 0.2) is 0 Å². The number of carboxylic acid groups (broad SMARTS) is 1. The average Bonchev–Trinajstić information content (AvgIpc) is 2.90. The van der Waals surface area contributed by atoms with Gasteiger partial charge in [-0.25, -0.2) is 4.79 Å². The van der Waals surface area contributed by atoms with E-state index in [9.17, 15) is 4.79 Å². The first-order valence-electron chi connectivity index (χ1n) is 6.72. The molecule has 22 heavy (non-hydrogen) atoms. The second-order valence-electron chi connectivity index (χ2n) is 4.84. The van der Waals surface area contributed by atoms with Crippen LogP contribution in [0.25, 0.3) is 10.1 Å². The highest BCUT2D eigenvalue weighted by atomic mass is 32.1. The van der Waals surface area contributed by atoms with Gasteiger partial charge >= 0.3 is 6.09 Å². The van der Waals surface area contributed by atoms with Crippen molar-refractivity contribution in [1.29, 1.82) is 0 Å². The minimum Gasteiger partial charge on any atom is -0.465 e. The Labute approximate surface area is 131 Å². The van der Waals surface area contributed by atoms with Crippen molar-refractivity contribution in [2.75, 3.05) is 16.4 Å². The van der Waals surface area contributed by atoms with E-state index >= 15 is 0 Å². The van der Waals surface area contributed by atoms with Crippen LogP contribution >= 0.6 is 11.3 Å². The normalized spacial score (nSPS) is 10.5. The summed E-state index contributed by atoms with van der Waals surface area (Å²) < 4.78 is 1.26. The summed E-state index contributed by atoms with van der Waals surface area (Å²) in [4.78, 5) is 10.6. The molecule has 2 aromatic carbocycles. The third kappa shape index (κ3) is 2.96. The fourth-order valence-corrected chi connectivity index (χ4v) is 3.23. The minimum atomic E-state index is -1.13. The van der Waals surface area contributed by atoms with Crippen molar-refractivity contribution in [2.24, 2.45) is 0 Å². The van der Waals surface area contributed by atoms with E-state index in [1.807, 2.05) is 12.1 Å². The molecule has 1 heterocycles. The lowest BCUT2D eigenvalue weighted by atomic mass is 10.1. The first-order valence-corrected chi connectivity index (χ1v) is 7.60. The van der Waals surface area contributed by atoms with Crippen LogP contribution in [0.4, 0.5) is 21.9 Å². The quantitative estimate of drug-likeness (QED) is 0.544. The Morgan fingerprint density at radius 1 is 1.23 bits per heavy atom. The molecule has 0 bridgehead atoms. The van der Waals surface area contributed by atoms with Crippen molar-refractivity contribution >= 4 is 44.6 Å². The maximum Gasteiger partial charge on any atom is 0.409 e. The lowest BCUT2D eigenvalue weighted by Gasteiger charge is -2.10. The van der Waals surface area contributed by atoms with Crippen LogP contribution in [0.1, 0.15) is 5.56 Å². The highest BCUT2D eigenvalue weighted by Crippen LogP contribution is 2.27. The average molecular weight is 313 g/mol. The Morgan fingerprint density at radius 2 is 2.05 bits per heavy atom. The summed E-state index contributed by atoms with van der Waals surface area (Å²) in [5.74, 6) is 0. The van der Waals surface area contributed by atoms with Gasteiger partial charge in [0.2, 0.25) is 0 Å². The molecule has 0 radical (unpaired) electrons. The zero-order valence-corrected chi connectivity index (χ0v) is 12.5. The van der Waals surface area contributed by atoms with Crippen LogP contribution in [0.5, 0.6) is 0 Å². The lowest BCUT2D eigenvalue weighted by Crippen LogP contribution is -2.09. The number of thiophene rings is 1. The maximum atomic E-state index is 10.6. The Balaban J connectivity index is 1.74. The van der Waals surface area contributed by atoms with Gasteiger partial charge in [-0.1, -0.05) is 18.2 Å². The van der Waals surface area contributed by atoms with Crippen molar-refractivity contribution in [2.45, 2.75) is 6.54 Å². The Kier molecular flexibility index (Phi) is 3.84. The van der Waals surface area contributed by atoms with Gasteiger partial charge < -0.3 is 16.2 Å². The zero-order chi connectivity index (χ0) is 15.5. The molecule has 112 valence electrons. The SMILES string of the molecule is Nc1cc(NCc2csc3ccccc23)ccc1NC(=O)O. The second kappa shape index (κ2) is 5.95. The van der Waals surface area contributed by atoms with E-state index in [-0.39, 0.29) is 0 Å². The van der Waals surface area contributed by atoms with E-state index in [0.29, 0.717) is 17.9 Å². The molecule has 0 spiro atoms. The molecule has 5 N–H and O–H groups in total. The zero-order valence-electron chi connectivity index (χ0n) is 11.7. The third-order valence-corrected chi connectivity index (χ3v) is 4.35. The van der Waals surface area contributed by atoms with Gasteiger partial charge in [0.05, 0.1) is 11.4 Å². The van der Waals surface area contributed by atoms with Crippen molar-refractivity contribution in [1.82, 2.24) is 0 Å². The fraction of sp³-hybridized carbons (Fsp3) is 0.0625. The van der Waals surface area contributed by atoms with Gasteiger partial charge in [-0.3, -0.25) is 5.32 Å². The highest BCUT2D eigenvalue weighted by Gasteiger charge is 2.06. The Morgan fingerprint density at radius 3 is 2.82 bits per heavy atom. The Bertz CT molecular complexity index is 829. The van der Waals surface area contributed by atoms with Crippen molar-refractivity contribution < 1.29 is 9.90 Å². The first-order chi connectivity index (χ1) is 10.6. The first kappa shape index (κ1) is 14.2. The molecule has 0 fully saturated rings. The molecule has 0 atom stereocenters. The number of hydrogen-bond acceptors (Lipinski definition) is 4. The molecule has 0 unspecified atom stereocenters. The summed E-state index contributed by atoms with van der Waals surface area (Å²) in [5.41, 5.74) is 8.70. The van der Waals surface area contributed by atoms with E-state index in [1.54, 1.807) is 29.5 Å². The number of nitrogens with two attached hydrogens (primary N) is 1. The van der Waals surface area contributed by atoms with Gasteiger partial charge in [0.25, 0.3) is 0 Å². The number of amides is 1. The summed E-state index contributed by atoms with van der Waals surface area (Å²) in [7, 11) is 0. The predicted octanol–water partition coefficient (Wildman–Crippen LogP) is 4.19. The summed E-state index contributed by atoms with van der Waals surface area (Å²) >= 11 is 1.72. The minimum absolute atomic E-state index is 0.388. The van der Waals surface area contributed by atoms with E-state index in [1.165, 1.54) is 15.6 Å². The van der Waals surface area contributed by atoms with Crippen LogP contribution in [-0.2, 0) is 6.54 Å². The molecule has 6 heteroatoms. The number of rotatable bonds is 4. The van der Waals surface area contributed by atoms with Crippen LogP contribution in [0.15, 0.2) is 47.8 Å². The molecule has 0 aliphatic rings. The summed E-state index contributed by atoms with van der Waals surface area (Å²) in [6, 6.07) is 13.5. The molecule has 1 aromatic heterocycles. The highest BCUT2D eigenvalue weighted by molar-refractivity contribution is 7.17. The van der Waals surface area contributed by atoms with Gasteiger partial charge in [0.1, 0.15) is 0 Å². The molecule has 3 rings (SSSR count). The summed E-state index contributed by atoms with van der Waals surface area (Å²) in [6.07, 6.45) is -1.13. The molecule has 5 nitrogen and oxygen atoms in total. The van der Waals surface area contributed by atoms with Crippen LogP contribution in [0, 0.1) is 0 Å². The molecule has 0 saturated carbocycles. The summed E-state index contributed by atoms with van der Waals surface area (Å²) in [5, 5.41) is 17.7. The molecular weight excluding hydrogens is 298 g/mol. The largest absolute Gasteiger partial charge is 0.465 e. The van der Waals surface area contributed by atoms with Gasteiger partial charge in [-0.05, 0) is 40.6 Å². The molecule has 3 aromatic rings. The maximum absolute atomic E-state index is 10.6. The number of nitrogen functional groups attached to an aromatic ring is 1. The number of fused-ring (bicyclic) bond motifs is 1. The van der Waals surface area contributed by atoms with Gasteiger partial charge in [-0.15, -0.1) is 11.3 Å². The number of anilines is 3. The lowest BCUT2D eigenvalue weighted by molar-refractivity contribution is 0.210. The monoisotopic (exact) mass is 313 g/mol. The Hall–Kier alpha value is -2.73. The van der Waals surface area contributed by atoms with E-state index in [2.05, 4.69) is 28.1 Å². The van der Waals surface area contributed by atoms with E-state index in [4.69, 9.17) is 10.8 Å². The number of hydrogen-bond donors (Lipinski definition) is 4. The van der Waals surface area contributed by atoms with E-state index in [0.717, 1.165) is 5.69 Å². The number of benzene rings is 2. The topological polar surface area (TPSA) is 87.4 Å². The van der Waals surface area contributed by atoms with Crippen molar-refractivity contribution in [3.63, 3.8) is 0 Å². The smallest absolute Gasteiger partial charge is 0.409 e. The fourth-order valence-electron chi connectivity index (χ4n) is 2.27. The predicted molar refractivity (Wildman–Crippen MR) is 91.7 cm³/mol. The van der Waals surface area contributed by atoms with Crippen LogP contribution in [-0.4, -0.2) is 11.2 Å². The van der Waals surface area contributed by atoms with Crippen molar-refractivity contribution in [3.8, 4) is 0 Å². The van der Waals surface area contributed by atoms with Crippen LogP contribution in [0.3, 0.4) is 0 Å². The third-order valence-electron chi connectivity index (χ3n) is 3.34. The van der Waals surface area contributed by atoms with Crippen molar-refractivity contribution in [3.05, 3.63) is 53.4 Å². The molecular formula is C16H15N3O2S. The van der Waals surface area contributed by atoms with Gasteiger partial charge in [0, 0.05) is 16.9 Å². The van der Waals surface area contributed by atoms with Crippen LogP contribution in [0.2, 0.25) is 0 Å². The molecule has 0 aliphatic carbocycles. The number of nitrogens with one attached hydrogen (secondary N) is 2. The number of carbonyl (C=O) groups is 1. The second-order valence-corrected chi connectivity index (χ2v) is 5.75. The molecule has 0 aliphatic heterocycles. The molecule has 1 amide bonds. The van der Waals surface area contributed by atoms with Crippen LogP contribution < -0.4 is 16.4 Å². The standard InChI is InChI=1S/C16H15N3O2S/c17-13-7-11(5-6-14(13)19-16(20)21)18-8-10-9-22-15-4-2-1-3-12(10)15/h1-7,9,18-19H,8,17H2,(H,20,21). The summed E-state index contributed by atoms with van der Waals surface area (Å²) in [6.45, 7) is 0.690. The molecule has 0 saturated heterocycles. The van der Waals surface area contributed by atoms with Gasteiger partial charge in [-0.2, -0.15) is 0 Å². The van der Waals surface area contributed by atoms with E-state index < -0.39 is 6.09 Å².